The van der Waals surface area contributed by atoms with E-state index in [9.17, 15) is 18.8 Å². The molecule has 1 fully saturated rings. The molecule has 0 spiro atoms. The van der Waals surface area contributed by atoms with E-state index in [0.29, 0.717) is 0 Å². The lowest BCUT2D eigenvalue weighted by molar-refractivity contribution is -0.140. The molecule has 0 aromatic heterocycles. The van der Waals surface area contributed by atoms with E-state index in [1.807, 2.05) is 5.32 Å². The number of urea groups is 1. The van der Waals surface area contributed by atoms with Crippen molar-refractivity contribution >= 4 is 17.9 Å². The minimum Gasteiger partial charge on any atom is -0.461 e. The molecular weight excluding hydrogens is 195 g/mol. The second-order valence-corrected chi connectivity index (χ2v) is 2.32. The van der Waals surface area contributed by atoms with Crippen LogP contribution in [0.3, 0.4) is 0 Å². The fourth-order valence-electron chi connectivity index (χ4n) is 0.818. The zero-order valence-electron chi connectivity index (χ0n) is 7.22. The fraction of sp³-hybridized carbons (Fsp3) is 0.286. The Balaban J connectivity index is 2.88. The number of esters is 1. The van der Waals surface area contributed by atoms with Gasteiger partial charge in [0.05, 0.1) is 6.61 Å². The first-order valence-corrected chi connectivity index (χ1v) is 3.75. The Labute approximate surface area is 78.1 Å². The van der Waals surface area contributed by atoms with Gasteiger partial charge in [-0.25, -0.2) is 9.59 Å². The number of carbonyl (C=O) groups excluding carboxylic acids is 3. The summed E-state index contributed by atoms with van der Waals surface area (Å²) in [6.45, 7) is 1.47. The van der Waals surface area contributed by atoms with Gasteiger partial charge in [-0.1, -0.05) is 0 Å². The molecular formula is C7H7FN2O4. The van der Waals surface area contributed by atoms with Gasteiger partial charge in [-0.2, -0.15) is 4.39 Å². The highest BCUT2D eigenvalue weighted by Gasteiger charge is 2.30. The Morgan fingerprint density at radius 1 is 1.43 bits per heavy atom. The number of amides is 3. The standard InChI is InChI=1S/C7H7FN2O4/c1-2-14-6(12)3(8)4-5(11)10-7(13)9-4/h2H2,1H3,(H2,9,10,11,13)/b4-3-. The van der Waals surface area contributed by atoms with E-state index in [1.165, 1.54) is 6.92 Å². The number of hydrogen-bond donors (Lipinski definition) is 2. The third-order valence-corrected chi connectivity index (χ3v) is 1.37. The summed E-state index contributed by atoms with van der Waals surface area (Å²) in [7, 11) is 0. The van der Waals surface area contributed by atoms with Crippen molar-refractivity contribution in [3.8, 4) is 0 Å². The predicted molar refractivity (Wildman–Crippen MR) is 41.4 cm³/mol. The second kappa shape index (κ2) is 3.86. The quantitative estimate of drug-likeness (QED) is 0.361. The molecule has 6 nitrogen and oxygen atoms in total. The fourth-order valence-corrected chi connectivity index (χ4v) is 0.818. The Bertz CT molecular complexity index is 337. The van der Waals surface area contributed by atoms with Crippen molar-refractivity contribution in [1.29, 1.82) is 0 Å². The molecule has 1 heterocycles. The molecule has 0 saturated carbocycles. The van der Waals surface area contributed by atoms with Gasteiger partial charge < -0.3 is 10.1 Å². The van der Waals surface area contributed by atoms with Crippen LogP contribution >= 0.6 is 0 Å². The molecule has 76 valence electrons. The highest BCUT2D eigenvalue weighted by molar-refractivity contribution is 6.14. The van der Waals surface area contributed by atoms with Crippen LogP contribution in [0.25, 0.3) is 0 Å². The lowest BCUT2D eigenvalue weighted by atomic mass is 10.3. The van der Waals surface area contributed by atoms with Crippen molar-refractivity contribution in [2.75, 3.05) is 6.61 Å². The summed E-state index contributed by atoms with van der Waals surface area (Å²) in [6, 6.07) is -0.871. The van der Waals surface area contributed by atoms with Gasteiger partial charge in [-0.15, -0.1) is 0 Å². The Morgan fingerprint density at radius 3 is 2.50 bits per heavy atom. The average Bonchev–Trinajstić information content (AvgIpc) is 2.44. The van der Waals surface area contributed by atoms with Gasteiger partial charge in [0.15, 0.2) is 5.70 Å². The number of imide groups is 1. The van der Waals surface area contributed by atoms with Crippen molar-refractivity contribution < 1.29 is 23.5 Å². The molecule has 1 aliphatic heterocycles. The van der Waals surface area contributed by atoms with E-state index in [-0.39, 0.29) is 6.61 Å². The Kier molecular flexibility index (Phi) is 2.80. The molecule has 1 saturated heterocycles. The largest absolute Gasteiger partial charge is 0.461 e. The lowest BCUT2D eigenvalue weighted by Gasteiger charge is -1.99. The molecule has 14 heavy (non-hydrogen) atoms. The molecule has 7 heteroatoms. The summed E-state index contributed by atoms with van der Waals surface area (Å²) < 4.78 is 17.3. The molecule has 2 N–H and O–H groups in total. The Morgan fingerprint density at radius 2 is 2.07 bits per heavy atom. The van der Waals surface area contributed by atoms with Crippen LogP contribution in [0.1, 0.15) is 6.92 Å². The molecule has 0 aromatic carbocycles. The van der Waals surface area contributed by atoms with Gasteiger partial charge in [0.25, 0.3) is 5.91 Å². The normalized spacial score (nSPS) is 18.7. The summed E-state index contributed by atoms with van der Waals surface area (Å²) in [4.78, 5) is 32.2. The first kappa shape index (κ1) is 10.2. The van der Waals surface area contributed by atoms with Crippen molar-refractivity contribution in [3.05, 3.63) is 11.5 Å². The number of halogens is 1. The van der Waals surface area contributed by atoms with Gasteiger partial charge in [0.1, 0.15) is 0 Å². The number of ether oxygens (including phenoxy) is 1. The zero-order valence-corrected chi connectivity index (χ0v) is 7.22. The lowest BCUT2D eigenvalue weighted by Crippen LogP contribution is -2.22. The number of hydrogen-bond acceptors (Lipinski definition) is 4. The molecule has 0 aromatic rings. The maximum Gasteiger partial charge on any atom is 0.369 e. The van der Waals surface area contributed by atoms with Gasteiger partial charge in [0.2, 0.25) is 5.83 Å². The summed E-state index contributed by atoms with van der Waals surface area (Å²) in [5, 5.41) is 3.60. The number of rotatable bonds is 2. The van der Waals surface area contributed by atoms with E-state index in [4.69, 9.17) is 0 Å². The summed E-state index contributed by atoms with van der Waals surface area (Å²) in [5.41, 5.74) is -0.714. The van der Waals surface area contributed by atoms with E-state index < -0.39 is 29.4 Å². The zero-order chi connectivity index (χ0) is 10.7. The van der Waals surface area contributed by atoms with Crippen molar-refractivity contribution in [1.82, 2.24) is 10.6 Å². The number of nitrogens with one attached hydrogen (secondary N) is 2. The van der Waals surface area contributed by atoms with Crippen LogP contribution in [0.4, 0.5) is 9.18 Å². The average molecular weight is 202 g/mol. The second-order valence-electron chi connectivity index (χ2n) is 2.32. The molecule has 0 aliphatic carbocycles. The van der Waals surface area contributed by atoms with E-state index >= 15 is 0 Å². The molecule has 0 radical (unpaired) electrons. The van der Waals surface area contributed by atoms with E-state index in [2.05, 4.69) is 4.74 Å². The van der Waals surface area contributed by atoms with Gasteiger partial charge in [0, 0.05) is 0 Å². The summed E-state index contributed by atoms with van der Waals surface area (Å²) in [6.07, 6.45) is 0. The molecule has 0 atom stereocenters. The highest BCUT2D eigenvalue weighted by atomic mass is 19.1. The first-order chi connectivity index (χ1) is 6.56. The van der Waals surface area contributed by atoms with E-state index in [0.717, 1.165) is 0 Å². The van der Waals surface area contributed by atoms with Crippen LogP contribution < -0.4 is 10.6 Å². The smallest absolute Gasteiger partial charge is 0.369 e. The van der Waals surface area contributed by atoms with Crippen LogP contribution in [0, 0.1) is 0 Å². The van der Waals surface area contributed by atoms with Crippen LogP contribution in [-0.4, -0.2) is 24.5 Å². The monoisotopic (exact) mass is 202 g/mol. The number of carbonyl (C=O) groups is 3. The third-order valence-electron chi connectivity index (χ3n) is 1.37. The summed E-state index contributed by atoms with van der Waals surface area (Å²) in [5.74, 6) is -3.67. The topological polar surface area (TPSA) is 84.5 Å². The molecule has 1 aliphatic rings. The maximum atomic E-state index is 13.0. The van der Waals surface area contributed by atoms with Crippen molar-refractivity contribution in [2.45, 2.75) is 6.92 Å². The van der Waals surface area contributed by atoms with Gasteiger partial charge in [-0.3, -0.25) is 10.1 Å². The molecule has 0 bridgehead atoms. The third kappa shape index (κ3) is 1.87. The summed E-state index contributed by atoms with van der Waals surface area (Å²) >= 11 is 0. The minimum absolute atomic E-state index is 0.0188. The van der Waals surface area contributed by atoms with Gasteiger partial charge in [-0.05, 0) is 6.92 Å². The Hall–Kier alpha value is -1.92. The predicted octanol–water partition coefficient (Wildman–Crippen LogP) is -0.430. The van der Waals surface area contributed by atoms with Crippen LogP contribution in [0.15, 0.2) is 11.5 Å². The molecule has 1 rings (SSSR count). The van der Waals surface area contributed by atoms with Crippen molar-refractivity contribution in [3.63, 3.8) is 0 Å². The van der Waals surface area contributed by atoms with Gasteiger partial charge >= 0.3 is 12.0 Å². The molecule has 0 unspecified atom stereocenters. The van der Waals surface area contributed by atoms with Crippen LogP contribution in [0.2, 0.25) is 0 Å². The van der Waals surface area contributed by atoms with Crippen molar-refractivity contribution in [2.24, 2.45) is 0 Å². The van der Waals surface area contributed by atoms with Crippen LogP contribution in [-0.2, 0) is 14.3 Å². The SMILES string of the molecule is CCOC(=O)/C(F)=C1/NC(=O)NC1=O. The highest BCUT2D eigenvalue weighted by Crippen LogP contribution is 2.09. The molecule has 3 amide bonds. The van der Waals surface area contributed by atoms with E-state index in [1.54, 1.807) is 5.32 Å². The van der Waals surface area contributed by atoms with Crippen LogP contribution in [0.5, 0.6) is 0 Å². The maximum absolute atomic E-state index is 13.0. The minimum atomic E-state index is -1.41. The first-order valence-electron chi connectivity index (χ1n) is 3.75.